The number of carbonyl (C=O) groups is 4. The van der Waals surface area contributed by atoms with Crippen LogP contribution in [0.4, 0.5) is 0 Å². The molecule has 0 amide bonds. The average Bonchev–Trinajstić information content (AvgIpc) is 1.43. The Morgan fingerprint density at radius 2 is 0.479 bits per heavy atom. The second kappa shape index (κ2) is 68.8. The van der Waals surface area contributed by atoms with Crippen molar-refractivity contribution in [3.05, 3.63) is 0 Å². The van der Waals surface area contributed by atoms with Gasteiger partial charge in [-0.25, -0.2) is 9.13 Å². The van der Waals surface area contributed by atoms with E-state index in [0.29, 0.717) is 25.7 Å². The molecule has 0 saturated carbocycles. The van der Waals surface area contributed by atoms with E-state index in [4.69, 9.17) is 37.0 Å². The smallest absolute Gasteiger partial charge is 0.462 e. The van der Waals surface area contributed by atoms with Gasteiger partial charge in [-0.3, -0.25) is 37.3 Å². The second-order valence-corrected chi connectivity index (χ2v) is 31.6. The molecule has 96 heavy (non-hydrogen) atoms. The molecule has 0 rings (SSSR count). The molecule has 0 aromatic carbocycles. The summed E-state index contributed by atoms with van der Waals surface area (Å²) in [5, 5.41) is 10.6. The number of ether oxygens (including phenoxy) is 4. The number of rotatable bonds is 76. The normalized spacial score (nSPS) is 14.0. The van der Waals surface area contributed by atoms with Crippen molar-refractivity contribution < 1.29 is 80.2 Å². The van der Waals surface area contributed by atoms with Crippen molar-refractivity contribution in [1.29, 1.82) is 0 Å². The first-order valence-corrected chi connectivity index (χ1v) is 43.0. The van der Waals surface area contributed by atoms with Crippen LogP contribution in [0.1, 0.15) is 401 Å². The molecule has 19 heteroatoms. The standard InChI is InChI=1S/C77H150O17P2/c1-7-9-11-13-14-15-16-17-18-19-20-21-22-23-26-30-33-38-43-49-55-61-76(81)94-73(66-88-75(80)60-54-48-42-37-32-29-27-24-25-28-31-35-40-46-51-57-69(3)4)68-92-96(85,86)90-64-71(78)63-89-95(83,84)91-67-72(65-87-74(79)59-53-45-12-10-8-2)93-77(82)62-56-50-44-39-34-36-41-47-52-58-70(5)6/h69-73,78H,7-68H2,1-6H3,(H,83,84)(H,85,86)/t71-,72+,73+/m0/s1. The fourth-order valence-electron chi connectivity index (χ4n) is 11.8. The van der Waals surface area contributed by atoms with Crippen LogP contribution in [0.2, 0.25) is 0 Å². The Balaban J connectivity index is 5.12. The lowest BCUT2D eigenvalue weighted by Gasteiger charge is -2.21. The summed E-state index contributed by atoms with van der Waals surface area (Å²) in [4.78, 5) is 72.5. The maximum absolute atomic E-state index is 13.1. The molecule has 0 aromatic rings. The molecule has 0 aliphatic heterocycles. The van der Waals surface area contributed by atoms with Crippen LogP contribution >= 0.6 is 15.6 Å². The zero-order valence-corrected chi connectivity index (χ0v) is 64.5. The maximum Gasteiger partial charge on any atom is 0.472 e. The van der Waals surface area contributed by atoms with Crippen LogP contribution in [0.25, 0.3) is 0 Å². The third kappa shape index (κ3) is 70.5. The Hall–Kier alpha value is -1.94. The molecule has 570 valence electrons. The quantitative estimate of drug-likeness (QED) is 0.0222. The molecule has 0 aromatic heterocycles. The zero-order chi connectivity index (χ0) is 70.7. The summed E-state index contributed by atoms with van der Waals surface area (Å²) in [6.45, 7) is 9.51. The van der Waals surface area contributed by atoms with Gasteiger partial charge in [-0.15, -0.1) is 0 Å². The summed E-state index contributed by atoms with van der Waals surface area (Å²) in [5.41, 5.74) is 0. The molecule has 0 aliphatic carbocycles. The number of phosphoric acid groups is 2. The predicted octanol–water partition coefficient (Wildman–Crippen LogP) is 22.7. The van der Waals surface area contributed by atoms with Crippen molar-refractivity contribution in [1.82, 2.24) is 0 Å². The summed E-state index contributed by atoms with van der Waals surface area (Å²) in [5.74, 6) is -0.584. The van der Waals surface area contributed by atoms with Gasteiger partial charge in [-0.05, 0) is 37.5 Å². The van der Waals surface area contributed by atoms with Crippen LogP contribution < -0.4 is 0 Å². The van der Waals surface area contributed by atoms with Crippen LogP contribution in [0.15, 0.2) is 0 Å². The van der Waals surface area contributed by atoms with E-state index >= 15 is 0 Å². The van der Waals surface area contributed by atoms with Gasteiger partial charge in [0.1, 0.15) is 19.3 Å². The van der Waals surface area contributed by atoms with E-state index in [1.54, 1.807) is 0 Å². The molecule has 0 heterocycles. The zero-order valence-electron chi connectivity index (χ0n) is 62.7. The van der Waals surface area contributed by atoms with Gasteiger partial charge in [-0.2, -0.15) is 0 Å². The number of phosphoric ester groups is 2. The third-order valence-electron chi connectivity index (χ3n) is 18.0. The SMILES string of the molecule is CCCCCCCCCCCCCCCCCCCCCCCC(=O)O[C@H](COC(=O)CCCCCCCCCCCCCCCCCC(C)C)COP(=O)(O)OC[C@@H](O)COP(=O)(O)OC[C@@H](COC(=O)CCCCCCC)OC(=O)CCCCCCCCCCCC(C)C. The van der Waals surface area contributed by atoms with Crippen LogP contribution in [0, 0.1) is 11.8 Å². The molecule has 0 radical (unpaired) electrons. The minimum absolute atomic E-state index is 0.105. The summed E-state index contributed by atoms with van der Waals surface area (Å²) in [6, 6.07) is 0. The summed E-state index contributed by atoms with van der Waals surface area (Å²) >= 11 is 0. The first-order chi connectivity index (χ1) is 46.4. The van der Waals surface area contributed by atoms with Crippen LogP contribution in [0.5, 0.6) is 0 Å². The largest absolute Gasteiger partial charge is 0.472 e. The minimum Gasteiger partial charge on any atom is -0.462 e. The third-order valence-corrected chi connectivity index (χ3v) is 19.9. The van der Waals surface area contributed by atoms with Crippen molar-refractivity contribution >= 4 is 39.5 Å². The van der Waals surface area contributed by atoms with E-state index in [1.165, 1.54) is 212 Å². The van der Waals surface area contributed by atoms with Gasteiger partial charge in [0.25, 0.3) is 0 Å². The van der Waals surface area contributed by atoms with Crippen molar-refractivity contribution in [3.8, 4) is 0 Å². The van der Waals surface area contributed by atoms with E-state index in [2.05, 4.69) is 41.5 Å². The van der Waals surface area contributed by atoms with E-state index in [9.17, 15) is 43.2 Å². The van der Waals surface area contributed by atoms with E-state index in [0.717, 1.165) is 108 Å². The Morgan fingerprint density at radius 1 is 0.281 bits per heavy atom. The first-order valence-electron chi connectivity index (χ1n) is 40.0. The molecule has 2 unspecified atom stereocenters. The van der Waals surface area contributed by atoms with Crippen molar-refractivity contribution in [2.24, 2.45) is 11.8 Å². The number of hydrogen-bond donors (Lipinski definition) is 3. The van der Waals surface area contributed by atoms with Crippen LogP contribution in [-0.2, 0) is 65.4 Å². The Morgan fingerprint density at radius 3 is 0.708 bits per heavy atom. The molecular weight excluding hydrogens is 1260 g/mol. The second-order valence-electron chi connectivity index (χ2n) is 28.7. The number of aliphatic hydroxyl groups is 1. The molecular formula is C77H150O17P2. The lowest BCUT2D eigenvalue weighted by atomic mass is 10.0. The lowest BCUT2D eigenvalue weighted by molar-refractivity contribution is -0.161. The van der Waals surface area contributed by atoms with E-state index < -0.39 is 97.5 Å². The molecule has 17 nitrogen and oxygen atoms in total. The van der Waals surface area contributed by atoms with Crippen molar-refractivity contribution in [3.63, 3.8) is 0 Å². The molecule has 0 bridgehead atoms. The van der Waals surface area contributed by atoms with Gasteiger partial charge in [-0.1, -0.05) is 350 Å². The molecule has 5 atom stereocenters. The number of aliphatic hydroxyl groups excluding tert-OH is 1. The molecule has 0 aliphatic rings. The average molecular weight is 1410 g/mol. The van der Waals surface area contributed by atoms with Gasteiger partial charge in [0.05, 0.1) is 26.4 Å². The van der Waals surface area contributed by atoms with E-state index in [-0.39, 0.29) is 25.7 Å². The van der Waals surface area contributed by atoms with Gasteiger partial charge >= 0.3 is 39.5 Å². The number of esters is 4. The highest BCUT2D eigenvalue weighted by molar-refractivity contribution is 7.47. The summed E-state index contributed by atoms with van der Waals surface area (Å²) in [7, 11) is -9.90. The summed E-state index contributed by atoms with van der Waals surface area (Å²) < 4.78 is 68.3. The first kappa shape index (κ1) is 94.1. The maximum atomic E-state index is 13.1. The predicted molar refractivity (Wildman–Crippen MR) is 391 cm³/mol. The number of carbonyl (C=O) groups excluding carboxylic acids is 4. The molecule has 0 saturated heterocycles. The van der Waals surface area contributed by atoms with Gasteiger partial charge in [0, 0.05) is 25.7 Å². The minimum atomic E-state index is -4.96. The highest BCUT2D eigenvalue weighted by Crippen LogP contribution is 2.45. The highest BCUT2D eigenvalue weighted by Gasteiger charge is 2.30. The fourth-order valence-corrected chi connectivity index (χ4v) is 13.4. The molecule has 0 spiro atoms. The molecule has 0 fully saturated rings. The van der Waals surface area contributed by atoms with Gasteiger partial charge in [0.2, 0.25) is 0 Å². The summed E-state index contributed by atoms with van der Waals surface area (Å²) in [6.07, 6.45) is 57.5. The van der Waals surface area contributed by atoms with Crippen LogP contribution in [0.3, 0.4) is 0 Å². The Kier molecular flexibility index (Phi) is 67.4. The highest BCUT2D eigenvalue weighted by atomic mass is 31.2. The van der Waals surface area contributed by atoms with E-state index in [1.807, 2.05) is 0 Å². The topological polar surface area (TPSA) is 237 Å². The monoisotopic (exact) mass is 1410 g/mol. The van der Waals surface area contributed by atoms with Crippen molar-refractivity contribution in [2.45, 2.75) is 419 Å². The Labute approximate surface area is 588 Å². The molecule has 3 N–H and O–H groups in total. The lowest BCUT2D eigenvalue weighted by Crippen LogP contribution is -2.30. The van der Waals surface area contributed by atoms with Gasteiger partial charge < -0.3 is 33.8 Å². The Bertz CT molecular complexity index is 1860. The fraction of sp³-hybridized carbons (Fsp3) is 0.948. The van der Waals surface area contributed by atoms with Crippen LogP contribution in [-0.4, -0.2) is 96.7 Å². The number of hydrogen-bond acceptors (Lipinski definition) is 15. The van der Waals surface area contributed by atoms with Gasteiger partial charge in [0.15, 0.2) is 12.2 Å². The van der Waals surface area contributed by atoms with Crippen molar-refractivity contribution in [2.75, 3.05) is 39.6 Å². The number of unbranched alkanes of at least 4 members (excludes halogenated alkanes) is 46.